The van der Waals surface area contributed by atoms with Crippen LogP contribution in [0.1, 0.15) is 23.7 Å². The van der Waals surface area contributed by atoms with E-state index < -0.39 is 5.97 Å². The predicted octanol–water partition coefficient (Wildman–Crippen LogP) is 4.88. The number of nitrogens with zero attached hydrogens (tertiary/aromatic N) is 2. The quantitative estimate of drug-likeness (QED) is 0.490. The van der Waals surface area contributed by atoms with Crippen molar-refractivity contribution in [1.29, 1.82) is 0 Å². The lowest BCUT2D eigenvalue weighted by Crippen LogP contribution is -2.07. The topological polar surface area (TPSA) is 84.3 Å². The highest BCUT2D eigenvalue weighted by Crippen LogP contribution is 2.31. The maximum absolute atomic E-state index is 10.9. The van der Waals surface area contributed by atoms with E-state index in [2.05, 4.69) is 18.8 Å². The number of rotatable bonds is 9. The number of aryl methyl sites for hydroxylation is 1. The number of carboxylic acids is 1. The number of aliphatic carboxylic acids is 1. The molecule has 0 unspecified atom stereocenters. The van der Waals surface area contributed by atoms with Crippen LogP contribution >= 0.6 is 11.3 Å². The third-order valence-electron chi connectivity index (χ3n) is 4.38. The van der Waals surface area contributed by atoms with E-state index in [1.165, 1.54) is 11.3 Å². The number of hydrogen-bond donors (Lipinski definition) is 2. The third-order valence-corrected chi connectivity index (χ3v) is 5.27. The van der Waals surface area contributed by atoms with E-state index in [4.69, 9.17) is 19.8 Å². The number of allylic oxidation sites excluding steroid dienone is 1. The molecule has 0 aliphatic carbocycles. The van der Waals surface area contributed by atoms with Crippen molar-refractivity contribution in [2.24, 2.45) is 0 Å². The van der Waals surface area contributed by atoms with Gasteiger partial charge in [-0.25, -0.2) is 9.97 Å². The van der Waals surface area contributed by atoms with Crippen molar-refractivity contribution in [3.05, 3.63) is 65.2 Å². The van der Waals surface area contributed by atoms with Gasteiger partial charge < -0.3 is 15.2 Å². The van der Waals surface area contributed by atoms with Gasteiger partial charge in [0.2, 0.25) is 0 Å². The molecule has 2 aromatic heterocycles. The second-order valence-electron chi connectivity index (χ2n) is 6.42. The van der Waals surface area contributed by atoms with Crippen LogP contribution < -0.4 is 10.1 Å². The molecule has 1 aromatic carbocycles. The number of hydrogen-bond acceptors (Lipinski definition) is 6. The Morgan fingerprint density at radius 3 is 2.66 bits per heavy atom. The molecule has 0 saturated carbocycles. The number of aromatic nitrogens is 2. The van der Waals surface area contributed by atoms with E-state index in [0.717, 1.165) is 45.4 Å². The predicted molar refractivity (Wildman–Crippen MR) is 116 cm³/mol. The van der Waals surface area contributed by atoms with Crippen molar-refractivity contribution in [2.75, 3.05) is 12.4 Å². The molecule has 0 radical (unpaired) electrons. The lowest BCUT2D eigenvalue weighted by atomic mass is 10.1. The molecule has 0 fully saturated rings. The van der Waals surface area contributed by atoms with Gasteiger partial charge in [-0.2, -0.15) is 0 Å². The molecule has 6 nitrogen and oxygen atoms in total. The van der Waals surface area contributed by atoms with Gasteiger partial charge in [0, 0.05) is 34.0 Å². The van der Waals surface area contributed by atoms with E-state index >= 15 is 0 Å². The molecule has 2 heterocycles. The Kier molecular flexibility index (Phi) is 6.61. The zero-order valence-corrected chi connectivity index (χ0v) is 17.3. The van der Waals surface area contributed by atoms with Crippen molar-refractivity contribution in [3.63, 3.8) is 0 Å². The van der Waals surface area contributed by atoms with Crippen LogP contribution in [-0.2, 0) is 24.1 Å². The smallest absolute Gasteiger partial charge is 0.307 e. The maximum Gasteiger partial charge on any atom is 0.307 e. The highest BCUT2D eigenvalue weighted by Gasteiger charge is 2.15. The van der Waals surface area contributed by atoms with Crippen LogP contribution in [0.3, 0.4) is 0 Å². The lowest BCUT2D eigenvalue weighted by Gasteiger charge is -2.15. The number of anilines is 2. The second-order valence-corrected chi connectivity index (χ2v) is 7.29. The zero-order chi connectivity index (χ0) is 20.8. The Morgan fingerprint density at radius 2 is 2.07 bits per heavy atom. The average Bonchev–Trinajstić information content (AvgIpc) is 3.19. The average molecular weight is 410 g/mol. The standard InChI is InChI=1S/C22H23N3O3S/c1-4-6-17-18(5-2)24-21(15-12-20(28-3)29-13-15)25-22(17)23-16-9-7-14(8-10-16)11-19(26)27/h4,7-10,12-13H,1,5-6,11H2,2-3H3,(H,26,27)(H,23,24,25). The SMILES string of the molecule is C=CCc1c(CC)nc(-c2csc(OC)c2)nc1Nc1ccc(CC(=O)O)cc1. The lowest BCUT2D eigenvalue weighted by molar-refractivity contribution is -0.136. The number of ether oxygens (including phenoxy) is 1. The first-order chi connectivity index (χ1) is 14.0. The summed E-state index contributed by atoms with van der Waals surface area (Å²) >= 11 is 1.50. The van der Waals surface area contributed by atoms with Crippen molar-refractivity contribution >= 4 is 28.8 Å². The highest BCUT2D eigenvalue weighted by atomic mass is 32.1. The first-order valence-corrected chi connectivity index (χ1v) is 10.1. The first kappa shape index (κ1) is 20.5. The van der Waals surface area contributed by atoms with Crippen LogP contribution in [0.15, 0.2) is 48.4 Å². The molecule has 3 rings (SSSR count). The molecule has 0 aliphatic rings. The van der Waals surface area contributed by atoms with Gasteiger partial charge >= 0.3 is 5.97 Å². The molecule has 3 aromatic rings. The Labute approximate surface area is 173 Å². The van der Waals surface area contributed by atoms with Crippen molar-refractivity contribution in [2.45, 2.75) is 26.2 Å². The molecule has 29 heavy (non-hydrogen) atoms. The second kappa shape index (κ2) is 9.34. The largest absolute Gasteiger partial charge is 0.487 e. The number of carboxylic acid groups (broad SMARTS) is 1. The Balaban J connectivity index is 1.99. The minimum absolute atomic E-state index is 0.000376. The number of benzene rings is 1. The fourth-order valence-electron chi connectivity index (χ4n) is 2.97. The Bertz CT molecular complexity index is 1010. The summed E-state index contributed by atoms with van der Waals surface area (Å²) in [6, 6.07) is 9.25. The molecule has 0 spiro atoms. The van der Waals surface area contributed by atoms with Crippen LogP contribution in [0.5, 0.6) is 5.06 Å². The molecule has 2 N–H and O–H groups in total. The van der Waals surface area contributed by atoms with E-state index in [9.17, 15) is 4.79 Å². The summed E-state index contributed by atoms with van der Waals surface area (Å²) in [6.45, 7) is 5.93. The molecule has 0 atom stereocenters. The number of carbonyl (C=O) groups is 1. The van der Waals surface area contributed by atoms with E-state index in [-0.39, 0.29) is 6.42 Å². The highest BCUT2D eigenvalue weighted by molar-refractivity contribution is 7.12. The number of nitrogens with one attached hydrogen (secondary N) is 1. The fraction of sp³-hybridized carbons (Fsp3) is 0.227. The summed E-state index contributed by atoms with van der Waals surface area (Å²) in [5, 5.41) is 15.1. The van der Waals surface area contributed by atoms with Crippen LogP contribution in [0.4, 0.5) is 11.5 Å². The van der Waals surface area contributed by atoms with E-state index in [1.54, 1.807) is 19.2 Å². The molecular formula is C22H23N3O3S. The van der Waals surface area contributed by atoms with Gasteiger partial charge in [0.15, 0.2) is 10.9 Å². The van der Waals surface area contributed by atoms with Gasteiger partial charge in [0.1, 0.15) is 5.82 Å². The number of methoxy groups -OCH3 is 1. The van der Waals surface area contributed by atoms with Gasteiger partial charge in [-0.1, -0.05) is 25.1 Å². The Morgan fingerprint density at radius 1 is 1.31 bits per heavy atom. The van der Waals surface area contributed by atoms with Crippen LogP contribution in [0, 0.1) is 0 Å². The van der Waals surface area contributed by atoms with Gasteiger partial charge in [0.25, 0.3) is 0 Å². The summed E-state index contributed by atoms with van der Waals surface area (Å²) in [7, 11) is 1.64. The van der Waals surface area contributed by atoms with Crippen molar-refractivity contribution < 1.29 is 14.6 Å². The zero-order valence-electron chi connectivity index (χ0n) is 16.4. The molecule has 0 saturated heterocycles. The molecule has 0 aliphatic heterocycles. The van der Waals surface area contributed by atoms with Gasteiger partial charge in [-0.05, 0) is 30.5 Å². The van der Waals surface area contributed by atoms with Crippen LogP contribution in [-0.4, -0.2) is 28.2 Å². The summed E-state index contributed by atoms with van der Waals surface area (Å²) in [4.78, 5) is 20.4. The summed E-state index contributed by atoms with van der Waals surface area (Å²) in [5.74, 6) is 0.514. The minimum atomic E-state index is -0.849. The maximum atomic E-state index is 10.9. The molecular weight excluding hydrogens is 386 g/mol. The van der Waals surface area contributed by atoms with E-state index in [0.29, 0.717) is 12.2 Å². The van der Waals surface area contributed by atoms with Crippen LogP contribution in [0.25, 0.3) is 11.4 Å². The molecule has 0 amide bonds. The van der Waals surface area contributed by atoms with Crippen LogP contribution in [0.2, 0.25) is 0 Å². The fourth-order valence-corrected chi connectivity index (χ4v) is 3.68. The minimum Gasteiger partial charge on any atom is -0.487 e. The van der Waals surface area contributed by atoms with Gasteiger partial charge in [-0.3, -0.25) is 4.79 Å². The monoisotopic (exact) mass is 409 g/mol. The summed E-state index contributed by atoms with van der Waals surface area (Å²) in [6.07, 6.45) is 3.26. The summed E-state index contributed by atoms with van der Waals surface area (Å²) in [5.41, 5.74) is 4.45. The Hall–Kier alpha value is -3.19. The summed E-state index contributed by atoms with van der Waals surface area (Å²) < 4.78 is 5.29. The third kappa shape index (κ3) is 5.00. The van der Waals surface area contributed by atoms with Crippen molar-refractivity contribution in [3.8, 4) is 16.5 Å². The van der Waals surface area contributed by atoms with Gasteiger partial charge in [-0.15, -0.1) is 17.9 Å². The molecule has 7 heteroatoms. The van der Waals surface area contributed by atoms with Crippen molar-refractivity contribution in [1.82, 2.24) is 9.97 Å². The van der Waals surface area contributed by atoms with E-state index in [1.807, 2.05) is 29.7 Å². The molecule has 150 valence electrons. The molecule has 0 bridgehead atoms. The normalized spacial score (nSPS) is 10.6. The first-order valence-electron chi connectivity index (χ1n) is 9.25. The van der Waals surface area contributed by atoms with Gasteiger partial charge in [0.05, 0.1) is 13.5 Å². The number of thiophene rings is 1.